The van der Waals surface area contributed by atoms with Gasteiger partial charge in [-0.3, -0.25) is 9.89 Å². The van der Waals surface area contributed by atoms with Crippen LogP contribution in [0.5, 0.6) is 5.75 Å². The smallest absolute Gasteiger partial charge is 0.191 e. The highest BCUT2D eigenvalue weighted by Crippen LogP contribution is 2.13. The maximum Gasteiger partial charge on any atom is 0.191 e. The van der Waals surface area contributed by atoms with E-state index in [1.165, 1.54) is 0 Å². The number of methoxy groups -OCH3 is 1. The summed E-state index contributed by atoms with van der Waals surface area (Å²) in [6.07, 6.45) is 0. The molecular weight excluding hydrogens is 443 g/mol. The number of hydrogen-bond acceptors (Lipinski definition) is 4. The van der Waals surface area contributed by atoms with E-state index >= 15 is 0 Å². The molecule has 1 atom stereocenters. The molecular formula is C19H33IN4O2. The van der Waals surface area contributed by atoms with E-state index in [1.54, 1.807) is 14.2 Å². The van der Waals surface area contributed by atoms with Crippen molar-refractivity contribution in [3.05, 3.63) is 29.8 Å². The number of guanidine groups is 1. The van der Waals surface area contributed by atoms with E-state index in [9.17, 15) is 0 Å². The topological polar surface area (TPSA) is 58.1 Å². The zero-order chi connectivity index (χ0) is 18.1. The molecule has 1 fully saturated rings. The largest absolute Gasteiger partial charge is 0.497 e. The number of hydrogen-bond donors (Lipinski definition) is 2. The Kier molecular flexibility index (Phi) is 10.9. The predicted molar refractivity (Wildman–Crippen MR) is 118 cm³/mol. The van der Waals surface area contributed by atoms with Gasteiger partial charge in [-0.25, -0.2) is 0 Å². The van der Waals surface area contributed by atoms with Crippen LogP contribution in [-0.4, -0.2) is 63.9 Å². The first-order chi connectivity index (χ1) is 12.1. The molecule has 0 radical (unpaired) electrons. The highest BCUT2D eigenvalue weighted by molar-refractivity contribution is 14.0. The van der Waals surface area contributed by atoms with Gasteiger partial charge < -0.3 is 20.1 Å². The minimum absolute atomic E-state index is 0. The summed E-state index contributed by atoms with van der Waals surface area (Å²) in [7, 11) is 3.49. The fourth-order valence-corrected chi connectivity index (χ4v) is 3.09. The summed E-state index contributed by atoms with van der Waals surface area (Å²) in [5.74, 6) is 2.26. The van der Waals surface area contributed by atoms with Gasteiger partial charge in [-0.2, -0.15) is 0 Å². The summed E-state index contributed by atoms with van der Waals surface area (Å²) in [4.78, 5) is 6.85. The van der Waals surface area contributed by atoms with Crippen LogP contribution in [0.15, 0.2) is 29.3 Å². The van der Waals surface area contributed by atoms with Crippen LogP contribution in [0.2, 0.25) is 0 Å². The van der Waals surface area contributed by atoms with Crippen LogP contribution in [0.4, 0.5) is 0 Å². The molecule has 0 aliphatic carbocycles. The second kappa shape index (κ2) is 12.3. The predicted octanol–water partition coefficient (Wildman–Crippen LogP) is 2.34. The van der Waals surface area contributed by atoms with E-state index in [1.807, 2.05) is 18.2 Å². The molecule has 1 aromatic rings. The van der Waals surface area contributed by atoms with E-state index < -0.39 is 0 Å². The summed E-state index contributed by atoms with van der Waals surface area (Å²) in [5, 5.41) is 6.85. The molecule has 26 heavy (non-hydrogen) atoms. The van der Waals surface area contributed by atoms with Crippen molar-refractivity contribution >= 4 is 29.9 Å². The summed E-state index contributed by atoms with van der Waals surface area (Å²) in [6.45, 7) is 9.78. The third-order valence-electron chi connectivity index (χ3n) is 4.58. The molecule has 148 valence electrons. The second-order valence-corrected chi connectivity index (χ2v) is 6.62. The molecule has 6 nitrogen and oxygen atoms in total. The van der Waals surface area contributed by atoms with Crippen molar-refractivity contribution in [2.75, 3.05) is 47.0 Å². The van der Waals surface area contributed by atoms with Crippen LogP contribution >= 0.6 is 24.0 Å². The van der Waals surface area contributed by atoms with E-state index in [0.717, 1.165) is 50.1 Å². The number of nitrogens with one attached hydrogen (secondary N) is 2. The van der Waals surface area contributed by atoms with Gasteiger partial charge in [-0.15, -0.1) is 24.0 Å². The van der Waals surface area contributed by atoms with Gasteiger partial charge >= 0.3 is 0 Å². The Bertz CT molecular complexity index is 548. The molecule has 0 bridgehead atoms. The van der Waals surface area contributed by atoms with Crippen LogP contribution in [0.1, 0.15) is 19.4 Å². The molecule has 1 heterocycles. The van der Waals surface area contributed by atoms with E-state index in [4.69, 9.17) is 9.47 Å². The van der Waals surface area contributed by atoms with E-state index in [-0.39, 0.29) is 24.0 Å². The van der Waals surface area contributed by atoms with Crippen molar-refractivity contribution in [1.29, 1.82) is 0 Å². The molecule has 1 aromatic carbocycles. The first-order valence-corrected chi connectivity index (χ1v) is 9.03. The van der Waals surface area contributed by atoms with Gasteiger partial charge in [0.15, 0.2) is 5.96 Å². The van der Waals surface area contributed by atoms with Crippen molar-refractivity contribution in [1.82, 2.24) is 15.5 Å². The average Bonchev–Trinajstić information content (AvgIpc) is 2.65. The normalized spacial score (nSPS) is 16.7. The Balaban J connectivity index is 0.00000338. The van der Waals surface area contributed by atoms with Crippen molar-refractivity contribution < 1.29 is 9.47 Å². The maximum atomic E-state index is 5.47. The number of ether oxygens (including phenoxy) is 2. The van der Waals surface area contributed by atoms with Gasteiger partial charge in [-0.1, -0.05) is 26.0 Å². The van der Waals surface area contributed by atoms with Gasteiger partial charge in [0.05, 0.1) is 20.3 Å². The first-order valence-electron chi connectivity index (χ1n) is 9.03. The molecule has 1 aliphatic heterocycles. The Morgan fingerprint density at radius 1 is 1.27 bits per heavy atom. The Hall–Kier alpha value is -1.06. The van der Waals surface area contributed by atoms with E-state index in [0.29, 0.717) is 18.5 Å². The molecule has 0 amide bonds. The minimum Gasteiger partial charge on any atom is -0.497 e. The number of morpholine rings is 1. The lowest BCUT2D eigenvalue weighted by Gasteiger charge is -2.37. The van der Waals surface area contributed by atoms with E-state index in [2.05, 4.69) is 40.4 Å². The van der Waals surface area contributed by atoms with Crippen LogP contribution in [0.25, 0.3) is 0 Å². The highest BCUT2D eigenvalue weighted by Gasteiger charge is 2.23. The van der Waals surface area contributed by atoms with Crippen LogP contribution in [0.3, 0.4) is 0 Å². The molecule has 0 saturated carbocycles. The van der Waals surface area contributed by atoms with Gasteiger partial charge in [-0.05, 0) is 23.6 Å². The molecule has 1 saturated heterocycles. The van der Waals surface area contributed by atoms with Crippen molar-refractivity contribution in [3.63, 3.8) is 0 Å². The van der Waals surface area contributed by atoms with Crippen molar-refractivity contribution in [2.45, 2.75) is 26.4 Å². The summed E-state index contributed by atoms with van der Waals surface area (Å²) < 4.78 is 10.7. The Morgan fingerprint density at radius 2 is 2.00 bits per heavy atom. The first kappa shape index (κ1) is 23.0. The zero-order valence-corrected chi connectivity index (χ0v) is 18.7. The lowest BCUT2D eigenvalue weighted by Crippen LogP contribution is -2.52. The quantitative estimate of drug-likeness (QED) is 0.360. The molecule has 1 unspecified atom stereocenters. The summed E-state index contributed by atoms with van der Waals surface area (Å²) in [6, 6.07) is 8.53. The second-order valence-electron chi connectivity index (χ2n) is 6.62. The molecule has 2 rings (SSSR count). The fourth-order valence-electron chi connectivity index (χ4n) is 3.09. The molecule has 1 aliphatic rings. The monoisotopic (exact) mass is 476 g/mol. The third-order valence-corrected chi connectivity index (χ3v) is 4.58. The number of benzene rings is 1. The van der Waals surface area contributed by atoms with Crippen LogP contribution in [0, 0.1) is 5.92 Å². The minimum atomic E-state index is 0. The number of halogens is 1. The van der Waals surface area contributed by atoms with Crippen molar-refractivity contribution in [2.24, 2.45) is 10.9 Å². The number of rotatable bonds is 7. The highest BCUT2D eigenvalue weighted by atomic mass is 127. The Morgan fingerprint density at radius 3 is 2.62 bits per heavy atom. The molecule has 0 aromatic heterocycles. The fraction of sp³-hybridized carbons (Fsp3) is 0.632. The SMILES string of the molecule is CN=C(NCc1cccc(OC)c1)NCC(C(C)C)N1CCOCC1.I. The van der Waals surface area contributed by atoms with Gasteiger partial charge in [0.25, 0.3) is 0 Å². The summed E-state index contributed by atoms with van der Waals surface area (Å²) >= 11 is 0. The molecule has 7 heteroatoms. The van der Waals surface area contributed by atoms with Crippen LogP contribution < -0.4 is 15.4 Å². The standard InChI is InChI=1S/C19H32N4O2.HI/c1-15(2)18(23-8-10-25-11-9-23)14-22-19(20-3)21-13-16-6-5-7-17(12-16)24-4;/h5-7,12,15,18H,8-11,13-14H2,1-4H3,(H2,20,21,22);1H. The van der Waals surface area contributed by atoms with Crippen molar-refractivity contribution in [3.8, 4) is 5.75 Å². The lowest BCUT2D eigenvalue weighted by atomic mass is 10.0. The molecule has 2 N–H and O–H groups in total. The van der Waals surface area contributed by atoms with Gasteiger partial charge in [0.1, 0.15) is 5.75 Å². The Labute approximate surface area is 174 Å². The van der Waals surface area contributed by atoms with Gasteiger partial charge in [0, 0.05) is 39.3 Å². The maximum absolute atomic E-state index is 5.47. The third kappa shape index (κ3) is 7.28. The van der Waals surface area contributed by atoms with Gasteiger partial charge in [0.2, 0.25) is 0 Å². The number of aliphatic imine (C=N–C) groups is 1. The number of nitrogens with zero attached hydrogens (tertiary/aromatic N) is 2. The lowest BCUT2D eigenvalue weighted by molar-refractivity contribution is 0.00752. The zero-order valence-electron chi connectivity index (χ0n) is 16.3. The molecule has 0 spiro atoms. The van der Waals surface area contributed by atoms with Crippen LogP contribution in [-0.2, 0) is 11.3 Å². The summed E-state index contributed by atoms with van der Waals surface area (Å²) in [5.41, 5.74) is 1.16. The average molecular weight is 476 g/mol.